The highest BCUT2D eigenvalue weighted by molar-refractivity contribution is 9.10. The average Bonchev–Trinajstić information content (AvgIpc) is 2.40. The molecular weight excluding hydrogens is 355 g/mol. The normalized spacial score (nSPS) is 12.5. The van der Waals surface area contributed by atoms with E-state index in [1.807, 2.05) is 0 Å². The van der Waals surface area contributed by atoms with Gasteiger partial charge in [0, 0.05) is 11.1 Å². The molecule has 2 aromatic carbocycles. The lowest BCUT2D eigenvalue weighted by molar-refractivity contribution is 0.500. The van der Waals surface area contributed by atoms with Crippen molar-refractivity contribution in [2.45, 2.75) is 12.5 Å². The van der Waals surface area contributed by atoms with Crippen LogP contribution in [0.2, 0.25) is 5.02 Å². The summed E-state index contributed by atoms with van der Waals surface area (Å²) >= 11 is 8.93. The Morgan fingerprint density at radius 1 is 1.15 bits per heavy atom. The van der Waals surface area contributed by atoms with E-state index < -0.39 is 23.5 Å². The third-order valence-corrected chi connectivity index (χ3v) is 4.09. The van der Waals surface area contributed by atoms with E-state index in [1.165, 1.54) is 24.3 Å². The summed E-state index contributed by atoms with van der Waals surface area (Å²) in [5.74, 6) is -2.39. The van der Waals surface area contributed by atoms with Crippen molar-refractivity contribution in [2.24, 2.45) is 5.73 Å². The number of hydrogen-bond acceptors (Lipinski definition) is 1. The van der Waals surface area contributed by atoms with Gasteiger partial charge >= 0.3 is 0 Å². The molecule has 1 atom stereocenters. The van der Waals surface area contributed by atoms with Crippen molar-refractivity contribution in [2.75, 3.05) is 0 Å². The Morgan fingerprint density at radius 2 is 1.85 bits per heavy atom. The van der Waals surface area contributed by atoms with Crippen LogP contribution < -0.4 is 5.73 Å². The molecule has 6 heteroatoms. The Bertz CT molecular complexity index is 649. The lowest BCUT2D eigenvalue weighted by Gasteiger charge is -2.15. The molecule has 0 amide bonds. The summed E-state index contributed by atoms with van der Waals surface area (Å²) in [7, 11) is 0. The zero-order chi connectivity index (χ0) is 14.9. The first-order valence-corrected chi connectivity index (χ1v) is 6.90. The van der Waals surface area contributed by atoms with Crippen LogP contribution in [-0.4, -0.2) is 0 Å². The number of halogens is 5. The van der Waals surface area contributed by atoms with E-state index in [2.05, 4.69) is 15.9 Å². The lowest BCUT2D eigenvalue weighted by Crippen LogP contribution is -2.15. The maximum absolute atomic E-state index is 13.5. The molecule has 20 heavy (non-hydrogen) atoms. The number of rotatable bonds is 3. The molecule has 0 heterocycles. The zero-order valence-electron chi connectivity index (χ0n) is 10.1. The Morgan fingerprint density at radius 3 is 2.55 bits per heavy atom. The molecule has 0 saturated heterocycles. The summed E-state index contributed by atoms with van der Waals surface area (Å²) in [5.41, 5.74) is 6.87. The second-order valence-corrected chi connectivity index (χ2v) is 5.51. The summed E-state index contributed by atoms with van der Waals surface area (Å²) in [4.78, 5) is 0. The van der Waals surface area contributed by atoms with E-state index in [9.17, 15) is 13.2 Å². The van der Waals surface area contributed by atoms with E-state index >= 15 is 0 Å². The second kappa shape index (κ2) is 6.16. The van der Waals surface area contributed by atoms with Gasteiger partial charge in [-0.3, -0.25) is 0 Å². The van der Waals surface area contributed by atoms with Crippen molar-refractivity contribution in [1.82, 2.24) is 0 Å². The van der Waals surface area contributed by atoms with Crippen molar-refractivity contribution >= 4 is 27.5 Å². The van der Waals surface area contributed by atoms with Crippen LogP contribution in [0.1, 0.15) is 17.2 Å². The molecule has 1 unspecified atom stereocenters. The summed E-state index contributed by atoms with van der Waals surface area (Å²) < 4.78 is 39.7. The average molecular weight is 365 g/mol. The van der Waals surface area contributed by atoms with E-state index in [-0.39, 0.29) is 10.9 Å². The Hall–Kier alpha value is -1.04. The number of hydrogen-bond donors (Lipinski definition) is 1. The topological polar surface area (TPSA) is 26.0 Å². The monoisotopic (exact) mass is 363 g/mol. The molecule has 0 fully saturated rings. The van der Waals surface area contributed by atoms with Gasteiger partial charge in [-0.05, 0) is 57.7 Å². The minimum atomic E-state index is -0.997. The Labute approximate surface area is 127 Å². The van der Waals surface area contributed by atoms with Crippen molar-refractivity contribution < 1.29 is 13.2 Å². The highest BCUT2D eigenvalue weighted by atomic mass is 79.9. The number of benzene rings is 2. The van der Waals surface area contributed by atoms with Crippen LogP contribution in [-0.2, 0) is 6.42 Å². The van der Waals surface area contributed by atoms with Gasteiger partial charge in [-0.2, -0.15) is 0 Å². The Kier molecular flexibility index (Phi) is 4.73. The summed E-state index contributed by atoms with van der Waals surface area (Å²) in [6.45, 7) is 0. The highest BCUT2D eigenvalue weighted by Gasteiger charge is 2.17. The molecule has 0 aliphatic rings. The highest BCUT2D eigenvalue weighted by Crippen LogP contribution is 2.30. The van der Waals surface area contributed by atoms with Crippen LogP contribution >= 0.6 is 27.5 Å². The van der Waals surface area contributed by atoms with Gasteiger partial charge in [-0.25, -0.2) is 13.2 Å². The first-order valence-electron chi connectivity index (χ1n) is 5.73. The first kappa shape index (κ1) is 15.4. The van der Waals surface area contributed by atoms with Gasteiger partial charge < -0.3 is 5.73 Å². The molecule has 0 bridgehead atoms. The standard InChI is InChI=1S/C14H10BrClF3N/c15-13-9(2-4-11(18)14(13)19)12(20)6-7-5-8(17)1-3-10(7)16/h1-5,12H,6,20H2. The van der Waals surface area contributed by atoms with Gasteiger partial charge in [0.05, 0.1) is 4.47 Å². The van der Waals surface area contributed by atoms with Crippen molar-refractivity contribution in [3.63, 3.8) is 0 Å². The molecule has 0 radical (unpaired) electrons. The van der Waals surface area contributed by atoms with Gasteiger partial charge in [0.15, 0.2) is 11.6 Å². The fourth-order valence-corrected chi connectivity index (χ4v) is 2.68. The zero-order valence-corrected chi connectivity index (χ0v) is 12.5. The van der Waals surface area contributed by atoms with Crippen molar-refractivity contribution in [3.05, 3.63) is 68.4 Å². The SMILES string of the molecule is NC(Cc1cc(F)ccc1Cl)c1ccc(F)c(F)c1Br. The van der Waals surface area contributed by atoms with Gasteiger partial charge in [0.2, 0.25) is 0 Å². The van der Waals surface area contributed by atoms with Crippen LogP contribution in [0.3, 0.4) is 0 Å². The fraction of sp³-hybridized carbons (Fsp3) is 0.143. The van der Waals surface area contributed by atoms with Crippen LogP contribution in [0.4, 0.5) is 13.2 Å². The number of nitrogens with two attached hydrogens (primary N) is 1. The van der Waals surface area contributed by atoms with Crippen LogP contribution in [0.25, 0.3) is 0 Å². The lowest BCUT2D eigenvalue weighted by atomic mass is 9.99. The quantitative estimate of drug-likeness (QED) is 0.781. The van der Waals surface area contributed by atoms with Crippen LogP contribution in [0.15, 0.2) is 34.8 Å². The first-order chi connectivity index (χ1) is 9.40. The van der Waals surface area contributed by atoms with Crippen molar-refractivity contribution in [1.29, 1.82) is 0 Å². The minimum absolute atomic E-state index is 0.0301. The third-order valence-electron chi connectivity index (χ3n) is 2.91. The molecule has 0 aliphatic heterocycles. The van der Waals surface area contributed by atoms with Gasteiger partial charge in [0.1, 0.15) is 5.82 Å². The second-order valence-electron chi connectivity index (χ2n) is 4.31. The van der Waals surface area contributed by atoms with E-state index in [0.29, 0.717) is 16.1 Å². The van der Waals surface area contributed by atoms with E-state index in [0.717, 1.165) is 6.07 Å². The molecule has 0 aromatic heterocycles. The smallest absolute Gasteiger partial charge is 0.173 e. The predicted molar refractivity (Wildman–Crippen MR) is 76.1 cm³/mol. The summed E-state index contributed by atoms with van der Waals surface area (Å²) in [6.07, 6.45) is 0.209. The molecule has 0 spiro atoms. The molecule has 2 aromatic rings. The van der Waals surface area contributed by atoms with Crippen LogP contribution in [0.5, 0.6) is 0 Å². The van der Waals surface area contributed by atoms with Crippen molar-refractivity contribution in [3.8, 4) is 0 Å². The molecular formula is C14H10BrClF3N. The predicted octanol–water partition coefficient (Wildman–Crippen LogP) is 4.76. The maximum atomic E-state index is 13.5. The molecule has 106 valence electrons. The molecule has 1 nitrogen and oxygen atoms in total. The third kappa shape index (κ3) is 3.16. The fourth-order valence-electron chi connectivity index (χ4n) is 1.87. The van der Waals surface area contributed by atoms with E-state index in [4.69, 9.17) is 17.3 Å². The van der Waals surface area contributed by atoms with Gasteiger partial charge in [-0.1, -0.05) is 17.7 Å². The largest absolute Gasteiger partial charge is 0.324 e. The Balaban J connectivity index is 2.31. The van der Waals surface area contributed by atoms with E-state index in [1.54, 1.807) is 0 Å². The van der Waals surface area contributed by atoms with Crippen LogP contribution in [0, 0.1) is 17.5 Å². The molecule has 0 saturated carbocycles. The summed E-state index contributed by atoms with van der Waals surface area (Å²) in [6, 6.07) is 5.70. The molecule has 0 aliphatic carbocycles. The maximum Gasteiger partial charge on any atom is 0.173 e. The van der Waals surface area contributed by atoms with Gasteiger partial charge in [0.25, 0.3) is 0 Å². The minimum Gasteiger partial charge on any atom is -0.324 e. The van der Waals surface area contributed by atoms with Gasteiger partial charge in [-0.15, -0.1) is 0 Å². The molecule has 2 N–H and O–H groups in total. The molecule has 2 rings (SSSR count). The summed E-state index contributed by atoms with van der Waals surface area (Å²) in [5, 5.41) is 0.376.